The lowest BCUT2D eigenvalue weighted by atomic mass is 9.82. The second kappa shape index (κ2) is 10.3. The second-order valence-electron chi connectivity index (χ2n) is 10.2. The van der Waals surface area contributed by atoms with E-state index in [1.807, 2.05) is 6.07 Å². The van der Waals surface area contributed by atoms with Crippen molar-refractivity contribution in [3.63, 3.8) is 0 Å². The van der Waals surface area contributed by atoms with Gasteiger partial charge in [-0.15, -0.1) is 0 Å². The number of ether oxygens (including phenoxy) is 3. The number of benzene rings is 3. The fourth-order valence-corrected chi connectivity index (χ4v) is 5.82. The van der Waals surface area contributed by atoms with Gasteiger partial charge in [0.2, 0.25) is 0 Å². The molecule has 4 atom stereocenters. The SMILES string of the molecule is COc1cccc(C2Cc3cc(OC)ccc3C2c2ccc(OC[C@H](C)N3CC[C@@H](C)C3)cc2)c1. The van der Waals surface area contributed by atoms with Crippen LogP contribution in [0.25, 0.3) is 0 Å². The molecule has 35 heavy (non-hydrogen) atoms. The molecule has 0 saturated carbocycles. The highest BCUT2D eigenvalue weighted by Gasteiger charge is 2.35. The zero-order valence-electron chi connectivity index (χ0n) is 21.4. The van der Waals surface area contributed by atoms with Gasteiger partial charge in [-0.1, -0.05) is 37.3 Å². The third-order valence-electron chi connectivity index (χ3n) is 7.86. The topological polar surface area (TPSA) is 30.9 Å². The van der Waals surface area contributed by atoms with Crippen LogP contribution >= 0.6 is 0 Å². The molecule has 0 amide bonds. The van der Waals surface area contributed by atoms with Crippen LogP contribution in [0, 0.1) is 5.92 Å². The van der Waals surface area contributed by atoms with Crippen LogP contribution < -0.4 is 14.2 Å². The van der Waals surface area contributed by atoms with Crippen LogP contribution in [0.2, 0.25) is 0 Å². The zero-order valence-corrected chi connectivity index (χ0v) is 21.4. The summed E-state index contributed by atoms with van der Waals surface area (Å²) in [4.78, 5) is 2.54. The van der Waals surface area contributed by atoms with Crippen molar-refractivity contribution in [3.8, 4) is 17.2 Å². The molecule has 5 rings (SSSR count). The summed E-state index contributed by atoms with van der Waals surface area (Å²) < 4.78 is 17.3. The third-order valence-corrected chi connectivity index (χ3v) is 7.86. The van der Waals surface area contributed by atoms with E-state index in [0.29, 0.717) is 12.0 Å². The summed E-state index contributed by atoms with van der Waals surface area (Å²) in [6.45, 7) is 7.70. The van der Waals surface area contributed by atoms with E-state index in [0.717, 1.165) is 36.2 Å². The molecule has 1 heterocycles. The Kier molecular flexibility index (Phi) is 7.01. The molecule has 0 spiro atoms. The largest absolute Gasteiger partial charge is 0.497 e. The van der Waals surface area contributed by atoms with Crippen molar-refractivity contribution in [1.29, 1.82) is 0 Å². The molecule has 0 radical (unpaired) electrons. The highest BCUT2D eigenvalue weighted by Crippen LogP contribution is 2.49. The normalized spacial score (nSPS) is 22.6. The van der Waals surface area contributed by atoms with Crippen molar-refractivity contribution in [3.05, 3.63) is 89.0 Å². The highest BCUT2D eigenvalue weighted by atomic mass is 16.5. The van der Waals surface area contributed by atoms with E-state index in [1.165, 1.54) is 41.8 Å². The summed E-state index contributed by atoms with van der Waals surface area (Å²) >= 11 is 0. The summed E-state index contributed by atoms with van der Waals surface area (Å²) in [5.74, 6) is 4.18. The van der Waals surface area contributed by atoms with Gasteiger partial charge in [-0.2, -0.15) is 0 Å². The molecule has 1 aliphatic carbocycles. The molecule has 0 aromatic heterocycles. The van der Waals surface area contributed by atoms with Crippen LogP contribution in [0.3, 0.4) is 0 Å². The standard InChI is InChI=1S/C31H37NO3/c1-21-14-15-32(19-21)22(2)20-35-26-10-8-23(9-11-26)31-29-13-12-28(34-4)17-25(29)18-30(31)24-6-5-7-27(16-24)33-3/h5-13,16-17,21-22,30-31H,14-15,18-20H2,1-4H3/t21-,22+,30?,31?/m1/s1. The van der Waals surface area contributed by atoms with Crippen LogP contribution in [0.15, 0.2) is 66.7 Å². The van der Waals surface area contributed by atoms with E-state index in [-0.39, 0.29) is 5.92 Å². The zero-order chi connectivity index (χ0) is 24.4. The maximum atomic E-state index is 6.20. The van der Waals surface area contributed by atoms with E-state index < -0.39 is 0 Å². The van der Waals surface area contributed by atoms with E-state index in [9.17, 15) is 0 Å². The molecule has 184 valence electrons. The van der Waals surface area contributed by atoms with Crippen molar-refractivity contribution < 1.29 is 14.2 Å². The summed E-state index contributed by atoms with van der Waals surface area (Å²) in [6, 6.07) is 24.2. The Morgan fingerprint density at radius 3 is 2.34 bits per heavy atom. The van der Waals surface area contributed by atoms with Gasteiger partial charge in [0.1, 0.15) is 23.9 Å². The molecule has 4 heteroatoms. The first-order chi connectivity index (χ1) is 17.1. The smallest absolute Gasteiger partial charge is 0.119 e. The van der Waals surface area contributed by atoms with Gasteiger partial charge in [-0.05, 0) is 96.8 Å². The van der Waals surface area contributed by atoms with Gasteiger partial charge in [0.25, 0.3) is 0 Å². The molecule has 3 aromatic rings. The molecule has 4 nitrogen and oxygen atoms in total. The van der Waals surface area contributed by atoms with Gasteiger partial charge in [0.05, 0.1) is 14.2 Å². The molecule has 3 aromatic carbocycles. The third kappa shape index (κ3) is 5.04. The lowest BCUT2D eigenvalue weighted by Gasteiger charge is -2.25. The first kappa shape index (κ1) is 23.7. The predicted molar refractivity (Wildman–Crippen MR) is 141 cm³/mol. The van der Waals surface area contributed by atoms with Crippen LogP contribution in [-0.2, 0) is 6.42 Å². The Balaban J connectivity index is 1.37. The number of nitrogens with zero attached hydrogens (tertiary/aromatic N) is 1. The second-order valence-corrected chi connectivity index (χ2v) is 10.2. The van der Waals surface area contributed by atoms with Crippen molar-refractivity contribution >= 4 is 0 Å². The number of hydrogen-bond donors (Lipinski definition) is 0. The highest BCUT2D eigenvalue weighted by molar-refractivity contribution is 5.51. The van der Waals surface area contributed by atoms with Gasteiger partial charge in [-0.3, -0.25) is 4.90 Å². The molecule has 2 unspecified atom stereocenters. The Morgan fingerprint density at radius 2 is 1.63 bits per heavy atom. The van der Waals surface area contributed by atoms with Gasteiger partial charge < -0.3 is 14.2 Å². The summed E-state index contributed by atoms with van der Waals surface area (Å²) in [6.07, 6.45) is 2.27. The number of rotatable bonds is 8. The molecule has 1 saturated heterocycles. The van der Waals surface area contributed by atoms with Crippen LogP contribution in [0.1, 0.15) is 54.4 Å². The van der Waals surface area contributed by atoms with E-state index in [2.05, 4.69) is 79.4 Å². The molecular weight excluding hydrogens is 434 g/mol. The van der Waals surface area contributed by atoms with E-state index in [4.69, 9.17) is 14.2 Å². The quantitative estimate of drug-likeness (QED) is 0.387. The first-order valence-corrected chi connectivity index (χ1v) is 12.8. The van der Waals surface area contributed by atoms with Gasteiger partial charge in [0.15, 0.2) is 0 Å². The number of methoxy groups -OCH3 is 2. The van der Waals surface area contributed by atoms with Crippen LogP contribution in [-0.4, -0.2) is 44.9 Å². The Labute approximate surface area is 209 Å². The van der Waals surface area contributed by atoms with Crippen molar-refractivity contribution in [2.75, 3.05) is 33.9 Å². The Bertz CT molecular complexity index is 1140. The average molecular weight is 472 g/mol. The lowest BCUT2D eigenvalue weighted by molar-refractivity contribution is 0.169. The summed E-state index contributed by atoms with van der Waals surface area (Å²) in [5, 5.41) is 0. The van der Waals surface area contributed by atoms with Crippen molar-refractivity contribution in [2.45, 2.75) is 44.6 Å². The van der Waals surface area contributed by atoms with Crippen LogP contribution in [0.5, 0.6) is 17.2 Å². The molecule has 1 fully saturated rings. The monoisotopic (exact) mass is 471 g/mol. The van der Waals surface area contributed by atoms with Gasteiger partial charge >= 0.3 is 0 Å². The Morgan fingerprint density at radius 1 is 0.886 bits per heavy atom. The molecule has 2 aliphatic rings. The summed E-state index contributed by atoms with van der Waals surface area (Å²) in [7, 11) is 3.46. The van der Waals surface area contributed by atoms with E-state index >= 15 is 0 Å². The maximum Gasteiger partial charge on any atom is 0.119 e. The minimum absolute atomic E-state index is 0.280. The Hall–Kier alpha value is -2.98. The fourth-order valence-electron chi connectivity index (χ4n) is 5.82. The molecule has 1 aliphatic heterocycles. The average Bonchev–Trinajstić information content (AvgIpc) is 3.51. The first-order valence-electron chi connectivity index (χ1n) is 12.8. The summed E-state index contributed by atoms with van der Waals surface area (Å²) in [5.41, 5.74) is 5.36. The number of likely N-dealkylation sites (tertiary alicyclic amines) is 1. The predicted octanol–water partition coefficient (Wildman–Crippen LogP) is 6.28. The van der Waals surface area contributed by atoms with Gasteiger partial charge in [0, 0.05) is 18.5 Å². The fraction of sp³-hybridized carbons (Fsp3) is 0.419. The number of fused-ring (bicyclic) bond motifs is 1. The molecular formula is C31H37NO3. The lowest BCUT2D eigenvalue weighted by Crippen LogP contribution is -2.35. The minimum Gasteiger partial charge on any atom is -0.497 e. The minimum atomic E-state index is 0.280. The maximum absolute atomic E-state index is 6.20. The molecule has 0 bridgehead atoms. The number of hydrogen-bond acceptors (Lipinski definition) is 4. The molecule has 0 N–H and O–H groups in total. The van der Waals surface area contributed by atoms with Crippen molar-refractivity contribution in [2.24, 2.45) is 5.92 Å². The van der Waals surface area contributed by atoms with Crippen LogP contribution in [0.4, 0.5) is 0 Å². The van der Waals surface area contributed by atoms with Crippen molar-refractivity contribution in [1.82, 2.24) is 4.90 Å². The van der Waals surface area contributed by atoms with E-state index in [1.54, 1.807) is 14.2 Å². The van der Waals surface area contributed by atoms with Gasteiger partial charge in [-0.25, -0.2) is 0 Å².